The Morgan fingerprint density at radius 3 is 2.71 bits per heavy atom. The normalized spacial score (nSPS) is 10.2. The number of benzene rings is 1. The van der Waals surface area contributed by atoms with Gasteiger partial charge in [-0.05, 0) is 24.3 Å². The number of carboxylic acids is 1. The molecule has 86 valence electrons. The molecule has 2 aromatic rings. The largest absolute Gasteiger partial charge is 0.507 e. The Bertz CT molecular complexity index is 584. The third-order valence-electron chi connectivity index (χ3n) is 2.30. The van der Waals surface area contributed by atoms with Crippen molar-refractivity contribution in [3.63, 3.8) is 0 Å². The Morgan fingerprint density at radius 1 is 1.24 bits per heavy atom. The predicted molar refractivity (Wildman–Crippen MR) is 58.3 cm³/mol. The number of halogens is 1. The summed E-state index contributed by atoms with van der Waals surface area (Å²) in [5, 5.41) is 18.6. The van der Waals surface area contributed by atoms with Gasteiger partial charge in [-0.25, -0.2) is 9.18 Å². The first-order valence-electron chi connectivity index (χ1n) is 4.76. The molecule has 5 heteroatoms. The molecule has 1 heterocycles. The van der Waals surface area contributed by atoms with Gasteiger partial charge < -0.3 is 10.2 Å². The standard InChI is InChI=1S/C12H8FNO3/c13-7-1-2-11(15)9(5-7)10-6-14-4-3-8(10)12(16)17/h1-6,15H,(H,16,17). The zero-order valence-electron chi connectivity index (χ0n) is 8.59. The Hall–Kier alpha value is -2.43. The molecule has 0 amide bonds. The summed E-state index contributed by atoms with van der Waals surface area (Å²) in [7, 11) is 0. The highest BCUT2D eigenvalue weighted by molar-refractivity contribution is 5.96. The summed E-state index contributed by atoms with van der Waals surface area (Å²) in [6.45, 7) is 0. The molecule has 0 saturated heterocycles. The molecule has 0 aliphatic rings. The van der Waals surface area contributed by atoms with E-state index in [1.165, 1.54) is 24.5 Å². The molecule has 0 fully saturated rings. The Morgan fingerprint density at radius 2 is 2.00 bits per heavy atom. The van der Waals surface area contributed by atoms with E-state index < -0.39 is 11.8 Å². The number of hydrogen-bond acceptors (Lipinski definition) is 3. The minimum Gasteiger partial charge on any atom is -0.507 e. The number of aromatic carboxylic acids is 1. The molecule has 1 aromatic carbocycles. The fourth-order valence-corrected chi connectivity index (χ4v) is 1.52. The molecule has 0 aliphatic heterocycles. The van der Waals surface area contributed by atoms with Crippen LogP contribution in [0.25, 0.3) is 11.1 Å². The second-order valence-corrected chi connectivity index (χ2v) is 3.39. The summed E-state index contributed by atoms with van der Waals surface area (Å²) < 4.78 is 13.1. The highest BCUT2D eigenvalue weighted by Crippen LogP contribution is 2.31. The van der Waals surface area contributed by atoms with Gasteiger partial charge in [0.25, 0.3) is 0 Å². The quantitative estimate of drug-likeness (QED) is 0.834. The molecule has 2 N–H and O–H groups in total. The van der Waals surface area contributed by atoms with Crippen molar-refractivity contribution >= 4 is 5.97 Å². The fourth-order valence-electron chi connectivity index (χ4n) is 1.52. The van der Waals surface area contributed by atoms with Crippen LogP contribution >= 0.6 is 0 Å². The molecule has 0 unspecified atom stereocenters. The number of aromatic hydroxyl groups is 1. The van der Waals surface area contributed by atoms with Crippen molar-refractivity contribution in [3.8, 4) is 16.9 Å². The first kappa shape index (κ1) is 11.1. The maximum Gasteiger partial charge on any atom is 0.336 e. The van der Waals surface area contributed by atoms with Gasteiger partial charge in [0, 0.05) is 23.5 Å². The highest BCUT2D eigenvalue weighted by Gasteiger charge is 2.14. The zero-order chi connectivity index (χ0) is 12.4. The first-order valence-corrected chi connectivity index (χ1v) is 4.76. The number of carboxylic acid groups (broad SMARTS) is 1. The van der Waals surface area contributed by atoms with E-state index in [4.69, 9.17) is 5.11 Å². The minimum atomic E-state index is -1.16. The molecule has 4 nitrogen and oxygen atoms in total. The van der Waals surface area contributed by atoms with E-state index in [1.54, 1.807) is 0 Å². The number of nitrogens with zero attached hydrogens (tertiary/aromatic N) is 1. The molecule has 0 radical (unpaired) electrons. The van der Waals surface area contributed by atoms with Gasteiger partial charge in [-0.1, -0.05) is 0 Å². The van der Waals surface area contributed by atoms with Crippen molar-refractivity contribution in [2.75, 3.05) is 0 Å². The van der Waals surface area contributed by atoms with Crippen molar-refractivity contribution in [2.45, 2.75) is 0 Å². The summed E-state index contributed by atoms with van der Waals surface area (Å²) in [5.41, 5.74) is 0.244. The third-order valence-corrected chi connectivity index (χ3v) is 2.30. The van der Waals surface area contributed by atoms with Gasteiger partial charge in [0.15, 0.2) is 0 Å². The van der Waals surface area contributed by atoms with Gasteiger partial charge in [0.05, 0.1) is 5.56 Å². The van der Waals surface area contributed by atoms with Crippen LogP contribution in [0.5, 0.6) is 5.75 Å². The first-order chi connectivity index (χ1) is 8.09. The smallest absolute Gasteiger partial charge is 0.336 e. The summed E-state index contributed by atoms with van der Waals surface area (Å²) in [6.07, 6.45) is 2.60. The van der Waals surface area contributed by atoms with E-state index in [0.29, 0.717) is 0 Å². The summed E-state index contributed by atoms with van der Waals surface area (Å²) in [5.74, 6) is -1.91. The third kappa shape index (κ3) is 2.08. The Kier molecular flexibility index (Phi) is 2.74. The summed E-state index contributed by atoms with van der Waals surface area (Å²) in [4.78, 5) is 14.8. The molecular formula is C12H8FNO3. The number of phenols is 1. The average molecular weight is 233 g/mol. The molecule has 0 atom stereocenters. The van der Waals surface area contributed by atoms with E-state index >= 15 is 0 Å². The number of pyridine rings is 1. The molecule has 1 aromatic heterocycles. The second-order valence-electron chi connectivity index (χ2n) is 3.39. The van der Waals surface area contributed by atoms with Gasteiger partial charge >= 0.3 is 5.97 Å². The maximum atomic E-state index is 13.1. The lowest BCUT2D eigenvalue weighted by molar-refractivity contribution is 0.0697. The topological polar surface area (TPSA) is 70.4 Å². The van der Waals surface area contributed by atoms with Crippen LogP contribution in [-0.4, -0.2) is 21.2 Å². The molecule has 0 saturated carbocycles. The SMILES string of the molecule is O=C(O)c1ccncc1-c1cc(F)ccc1O. The zero-order valence-corrected chi connectivity index (χ0v) is 8.59. The minimum absolute atomic E-state index is 0.0408. The van der Waals surface area contributed by atoms with Gasteiger partial charge in [-0.2, -0.15) is 0 Å². The molecule has 17 heavy (non-hydrogen) atoms. The van der Waals surface area contributed by atoms with E-state index in [2.05, 4.69) is 4.98 Å². The number of aromatic nitrogens is 1. The van der Waals surface area contributed by atoms with Crippen molar-refractivity contribution in [1.82, 2.24) is 4.98 Å². The number of rotatable bonds is 2. The fraction of sp³-hybridized carbons (Fsp3) is 0. The van der Waals surface area contributed by atoms with E-state index in [1.807, 2.05) is 0 Å². The van der Waals surface area contributed by atoms with E-state index in [9.17, 15) is 14.3 Å². The van der Waals surface area contributed by atoms with Crippen molar-refractivity contribution < 1.29 is 19.4 Å². The van der Waals surface area contributed by atoms with E-state index in [-0.39, 0.29) is 22.4 Å². The molecule has 0 aliphatic carbocycles. The molecule has 0 bridgehead atoms. The Labute approximate surface area is 96.0 Å². The average Bonchev–Trinajstić information content (AvgIpc) is 2.32. The molecule has 0 spiro atoms. The maximum absolute atomic E-state index is 13.1. The molecule has 2 rings (SSSR count). The van der Waals surface area contributed by atoms with Gasteiger partial charge in [-0.3, -0.25) is 4.98 Å². The van der Waals surface area contributed by atoms with Crippen molar-refractivity contribution in [3.05, 3.63) is 48.0 Å². The number of carbonyl (C=O) groups is 1. The van der Waals surface area contributed by atoms with Crippen LogP contribution in [0.2, 0.25) is 0 Å². The highest BCUT2D eigenvalue weighted by atomic mass is 19.1. The lowest BCUT2D eigenvalue weighted by Crippen LogP contribution is -2.00. The lowest BCUT2D eigenvalue weighted by Gasteiger charge is -2.07. The number of hydrogen-bond donors (Lipinski definition) is 2. The van der Waals surface area contributed by atoms with Crippen LogP contribution in [0, 0.1) is 5.82 Å². The van der Waals surface area contributed by atoms with Crippen LogP contribution in [0.4, 0.5) is 4.39 Å². The van der Waals surface area contributed by atoms with Crippen LogP contribution in [-0.2, 0) is 0 Å². The van der Waals surface area contributed by atoms with Gasteiger partial charge in [0.2, 0.25) is 0 Å². The van der Waals surface area contributed by atoms with Crippen LogP contribution in [0.3, 0.4) is 0 Å². The monoisotopic (exact) mass is 233 g/mol. The van der Waals surface area contributed by atoms with Gasteiger partial charge in [-0.15, -0.1) is 0 Å². The van der Waals surface area contributed by atoms with E-state index in [0.717, 1.165) is 12.1 Å². The van der Waals surface area contributed by atoms with Gasteiger partial charge in [0.1, 0.15) is 11.6 Å². The Balaban J connectivity index is 2.68. The predicted octanol–water partition coefficient (Wildman–Crippen LogP) is 2.29. The number of phenolic OH excluding ortho intramolecular Hbond substituents is 1. The molecular weight excluding hydrogens is 225 g/mol. The van der Waals surface area contributed by atoms with Crippen molar-refractivity contribution in [2.24, 2.45) is 0 Å². The second kappa shape index (κ2) is 4.21. The summed E-state index contributed by atoms with van der Waals surface area (Å²) >= 11 is 0. The van der Waals surface area contributed by atoms with Crippen LogP contribution in [0.15, 0.2) is 36.7 Å². The van der Waals surface area contributed by atoms with Crippen molar-refractivity contribution in [1.29, 1.82) is 0 Å². The summed E-state index contributed by atoms with van der Waals surface area (Å²) in [6, 6.07) is 4.62. The lowest BCUT2D eigenvalue weighted by atomic mass is 10.0. The van der Waals surface area contributed by atoms with Crippen LogP contribution < -0.4 is 0 Å². The van der Waals surface area contributed by atoms with Crippen LogP contribution in [0.1, 0.15) is 10.4 Å².